The molecule has 186 valence electrons. The molecule has 0 saturated carbocycles. The van der Waals surface area contributed by atoms with Crippen molar-refractivity contribution in [2.75, 3.05) is 50.8 Å². The van der Waals surface area contributed by atoms with Crippen LogP contribution in [0.2, 0.25) is 5.02 Å². The molecule has 0 spiro atoms. The Hall–Kier alpha value is -3.23. The van der Waals surface area contributed by atoms with Crippen molar-refractivity contribution in [2.45, 2.75) is 19.9 Å². The maximum atomic E-state index is 13.0. The van der Waals surface area contributed by atoms with Gasteiger partial charge in [-0.15, -0.1) is 0 Å². The number of piperazine rings is 1. The van der Waals surface area contributed by atoms with E-state index >= 15 is 0 Å². The monoisotopic (exact) mass is 498 g/mol. The predicted octanol–water partition coefficient (Wildman–Crippen LogP) is 3.73. The maximum Gasteiger partial charge on any atom is 0.338 e. The van der Waals surface area contributed by atoms with Crippen LogP contribution in [-0.4, -0.2) is 62.8 Å². The molecule has 0 aromatic heterocycles. The van der Waals surface area contributed by atoms with Crippen molar-refractivity contribution in [3.63, 3.8) is 0 Å². The van der Waals surface area contributed by atoms with E-state index in [-0.39, 0.29) is 12.6 Å². The summed E-state index contributed by atoms with van der Waals surface area (Å²) in [6.45, 7) is 8.14. The molecule has 0 bridgehead atoms. The average molecular weight is 499 g/mol. The maximum absolute atomic E-state index is 13.0. The van der Waals surface area contributed by atoms with Crippen LogP contribution in [0.4, 0.5) is 10.5 Å². The molecule has 0 radical (unpaired) electrons. The van der Waals surface area contributed by atoms with E-state index < -0.39 is 12.0 Å². The molecular weight excluding hydrogens is 468 g/mol. The summed E-state index contributed by atoms with van der Waals surface area (Å²) < 4.78 is 10.9. The lowest BCUT2D eigenvalue weighted by Gasteiger charge is -2.38. The highest BCUT2D eigenvalue weighted by atomic mass is 35.5. The van der Waals surface area contributed by atoms with E-state index in [0.29, 0.717) is 29.4 Å². The fourth-order valence-electron chi connectivity index (χ4n) is 4.43. The molecule has 2 aromatic carbocycles. The molecule has 2 aliphatic heterocycles. The zero-order valence-electron chi connectivity index (χ0n) is 20.1. The second-order valence-corrected chi connectivity index (χ2v) is 8.83. The van der Waals surface area contributed by atoms with Crippen molar-refractivity contribution < 1.29 is 19.1 Å². The van der Waals surface area contributed by atoms with E-state index in [1.807, 2.05) is 49.4 Å². The summed E-state index contributed by atoms with van der Waals surface area (Å²) in [7, 11) is 0. The summed E-state index contributed by atoms with van der Waals surface area (Å²) in [6.07, 6.45) is 0. The number of esters is 1. The van der Waals surface area contributed by atoms with Crippen LogP contribution in [0.15, 0.2) is 59.8 Å². The van der Waals surface area contributed by atoms with Gasteiger partial charge in [0.2, 0.25) is 0 Å². The second-order valence-electron chi connectivity index (χ2n) is 8.39. The summed E-state index contributed by atoms with van der Waals surface area (Å²) in [5, 5.41) is 6.47. The van der Waals surface area contributed by atoms with E-state index in [2.05, 4.69) is 26.5 Å². The van der Waals surface area contributed by atoms with E-state index in [9.17, 15) is 9.59 Å². The predicted molar refractivity (Wildman–Crippen MR) is 136 cm³/mol. The van der Waals surface area contributed by atoms with Crippen molar-refractivity contribution in [1.82, 2.24) is 15.5 Å². The highest BCUT2D eigenvalue weighted by Gasteiger charge is 2.34. The van der Waals surface area contributed by atoms with Gasteiger partial charge in [-0.2, -0.15) is 0 Å². The minimum absolute atomic E-state index is 0.248. The smallest absolute Gasteiger partial charge is 0.338 e. The van der Waals surface area contributed by atoms with Crippen molar-refractivity contribution in [2.24, 2.45) is 0 Å². The van der Waals surface area contributed by atoms with Gasteiger partial charge in [-0.05, 0) is 49.7 Å². The van der Waals surface area contributed by atoms with Crippen LogP contribution in [0.5, 0.6) is 5.75 Å². The van der Waals surface area contributed by atoms with Gasteiger partial charge in [-0.3, -0.25) is 4.90 Å². The van der Waals surface area contributed by atoms with Gasteiger partial charge in [0, 0.05) is 49.1 Å². The third kappa shape index (κ3) is 6.07. The Morgan fingerprint density at radius 2 is 1.80 bits per heavy atom. The lowest BCUT2D eigenvalue weighted by Crippen LogP contribution is -2.51. The highest BCUT2D eigenvalue weighted by Crippen LogP contribution is 2.30. The van der Waals surface area contributed by atoms with E-state index in [1.54, 1.807) is 6.92 Å². The van der Waals surface area contributed by atoms with Crippen LogP contribution in [0, 0.1) is 0 Å². The molecule has 8 nitrogen and oxygen atoms in total. The molecule has 2 heterocycles. The number of nitrogens with zero attached hydrogens (tertiary/aromatic N) is 2. The number of anilines is 1. The Balaban J connectivity index is 1.54. The average Bonchev–Trinajstić information content (AvgIpc) is 2.85. The molecule has 2 amide bonds. The molecule has 1 saturated heterocycles. The lowest BCUT2D eigenvalue weighted by atomic mass is 9.94. The Kier molecular flexibility index (Phi) is 8.15. The number of ether oxygens (including phenoxy) is 2. The van der Waals surface area contributed by atoms with Crippen molar-refractivity contribution in [3.05, 3.63) is 70.4 Å². The largest absolute Gasteiger partial charge is 0.494 e. The number of hydrogen-bond acceptors (Lipinski definition) is 6. The molecule has 2 N–H and O–H groups in total. The number of urea groups is 1. The van der Waals surface area contributed by atoms with E-state index in [4.69, 9.17) is 21.1 Å². The van der Waals surface area contributed by atoms with Gasteiger partial charge in [0.25, 0.3) is 0 Å². The van der Waals surface area contributed by atoms with E-state index in [0.717, 1.165) is 43.2 Å². The van der Waals surface area contributed by atoms with Gasteiger partial charge < -0.3 is 25.0 Å². The highest BCUT2D eigenvalue weighted by molar-refractivity contribution is 6.30. The molecular formula is C26H31ClN4O4. The number of halogens is 1. The van der Waals surface area contributed by atoms with Crippen molar-refractivity contribution >= 4 is 29.3 Å². The van der Waals surface area contributed by atoms with Gasteiger partial charge >= 0.3 is 12.0 Å². The first-order chi connectivity index (χ1) is 17.0. The molecule has 2 aromatic rings. The van der Waals surface area contributed by atoms with Crippen LogP contribution < -0.4 is 20.3 Å². The summed E-state index contributed by atoms with van der Waals surface area (Å²) in [4.78, 5) is 30.2. The molecule has 1 unspecified atom stereocenters. The first-order valence-electron chi connectivity index (χ1n) is 11.9. The zero-order chi connectivity index (χ0) is 24.8. The van der Waals surface area contributed by atoms with Crippen LogP contribution in [0.1, 0.15) is 25.5 Å². The Labute approximate surface area is 210 Å². The normalized spacial score (nSPS) is 18.7. The quantitative estimate of drug-likeness (QED) is 0.540. The molecule has 35 heavy (non-hydrogen) atoms. The van der Waals surface area contributed by atoms with Crippen molar-refractivity contribution in [3.8, 4) is 5.75 Å². The molecule has 9 heteroatoms. The third-order valence-electron chi connectivity index (χ3n) is 6.10. The number of hydrogen-bond donors (Lipinski definition) is 2. The standard InChI is InChI=1S/C26H31ClN4O4/c1-3-34-21-10-8-18(9-11-21)24-23(25(32)35-4-2)22(28-26(33)29-24)17-30-12-14-31(15-13-30)20-7-5-6-19(27)16-20/h5-11,16,24H,3-4,12-15,17H2,1-2H3,(H2,28,29,33). The van der Waals surface area contributed by atoms with Gasteiger partial charge in [-0.1, -0.05) is 29.8 Å². The summed E-state index contributed by atoms with van der Waals surface area (Å²) >= 11 is 6.16. The summed E-state index contributed by atoms with van der Waals surface area (Å²) in [6, 6.07) is 14.3. The fourth-order valence-corrected chi connectivity index (χ4v) is 4.61. The number of rotatable bonds is 8. The van der Waals surface area contributed by atoms with Crippen LogP contribution in [-0.2, 0) is 9.53 Å². The van der Waals surface area contributed by atoms with Crippen molar-refractivity contribution in [1.29, 1.82) is 0 Å². The number of nitrogens with one attached hydrogen (secondary N) is 2. The van der Waals surface area contributed by atoms with Crippen LogP contribution >= 0.6 is 11.6 Å². The Bertz CT molecular complexity index is 1080. The van der Waals surface area contributed by atoms with Gasteiger partial charge in [0.1, 0.15) is 5.75 Å². The lowest BCUT2D eigenvalue weighted by molar-refractivity contribution is -0.139. The fraction of sp³-hybridized carbons (Fsp3) is 0.385. The third-order valence-corrected chi connectivity index (χ3v) is 6.34. The topological polar surface area (TPSA) is 83.1 Å². The summed E-state index contributed by atoms with van der Waals surface area (Å²) in [5.74, 6) is 0.294. The molecule has 2 aliphatic rings. The Morgan fingerprint density at radius 3 is 2.46 bits per heavy atom. The van der Waals surface area contributed by atoms with Crippen LogP contribution in [0.3, 0.4) is 0 Å². The zero-order valence-corrected chi connectivity index (χ0v) is 20.8. The van der Waals surface area contributed by atoms with E-state index in [1.165, 1.54) is 0 Å². The SMILES string of the molecule is CCOC(=O)C1=C(CN2CCN(c3cccc(Cl)c3)CC2)NC(=O)NC1c1ccc(OCC)cc1. The molecule has 1 fully saturated rings. The second kappa shape index (κ2) is 11.5. The number of carbonyl (C=O) groups is 2. The molecule has 0 aliphatic carbocycles. The molecule has 1 atom stereocenters. The van der Waals surface area contributed by atoms with Gasteiger partial charge in [0.15, 0.2) is 0 Å². The van der Waals surface area contributed by atoms with Crippen LogP contribution in [0.25, 0.3) is 0 Å². The number of amides is 2. The summed E-state index contributed by atoms with van der Waals surface area (Å²) in [5.41, 5.74) is 2.87. The minimum Gasteiger partial charge on any atom is -0.494 e. The Morgan fingerprint density at radius 1 is 1.06 bits per heavy atom. The molecule has 4 rings (SSSR count). The first-order valence-corrected chi connectivity index (χ1v) is 12.3. The number of benzene rings is 2. The van der Waals surface area contributed by atoms with Gasteiger partial charge in [0.05, 0.1) is 24.8 Å². The number of carbonyl (C=O) groups excluding carboxylic acids is 2. The minimum atomic E-state index is -0.610. The first kappa shape index (κ1) is 24.9. The van der Waals surface area contributed by atoms with Gasteiger partial charge in [-0.25, -0.2) is 9.59 Å².